The zero-order valence-corrected chi connectivity index (χ0v) is 13.7. The maximum atomic E-state index is 3.79. The zero-order chi connectivity index (χ0) is 15.2. The average Bonchev–Trinajstić information content (AvgIpc) is 2.81. The van der Waals surface area contributed by atoms with Crippen LogP contribution < -0.4 is 5.32 Å². The highest BCUT2D eigenvalue weighted by Gasteiger charge is 2.28. The van der Waals surface area contributed by atoms with Gasteiger partial charge in [-0.05, 0) is 71.9 Å². The van der Waals surface area contributed by atoms with Gasteiger partial charge in [-0.2, -0.15) is 0 Å². The molecule has 1 nitrogen and oxygen atoms in total. The Hall–Kier alpha value is -1.76. The molecular formula is C21H25N. The van der Waals surface area contributed by atoms with Crippen LogP contribution in [0.5, 0.6) is 0 Å². The molecular weight excluding hydrogens is 266 g/mol. The van der Waals surface area contributed by atoms with Crippen LogP contribution in [0.2, 0.25) is 0 Å². The second kappa shape index (κ2) is 5.15. The van der Waals surface area contributed by atoms with Crippen LogP contribution >= 0.6 is 0 Å². The maximum Gasteiger partial charge on any atom is 0.0516 e. The minimum Gasteiger partial charge on any atom is -0.378 e. The fourth-order valence-corrected chi connectivity index (χ4v) is 4.25. The monoisotopic (exact) mass is 291 g/mol. The maximum absolute atomic E-state index is 3.79. The van der Waals surface area contributed by atoms with Crippen molar-refractivity contribution in [3.8, 4) is 0 Å². The molecule has 0 amide bonds. The molecule has 0 heterocycles. The van der Waals surface area contributed by atoms with Crippen molar-refractivity contribution in [3.05, 3.63) is 64.7 Å². The van der Waals surface area contributed by atoms with Gasteiger partial charge in [0.25, 0.3) is 0 Å². The molecule has 114 valence electrons. The van der Waals surface area contributed by atoms with Crippen molar-refractivity contribution in [2.75, 3.05) is 5.32 Å². The van der Waals surface area contributed by atoms with Gasteiger partial charge in [-0.3, -0.25) is 0 Å². The van der Waals surface area contributed by atoms with E-state index in [2.05, 4.69) is 61.6 Å². The molecule has 0 bridgehead atoms. The third kappa shape index (κ3) is 2.54. The molecule has 1 unspecified atom stereocenters. The van der Waals surface area contributed by atoms with Gasteiger partial charge in [-0.15, -0.1) is 0 Å². The van der Waals surface area contributed by atoms with Crippen LogP contribution in [0.4, 0.5) is 5.69 Å². The van der Waals surface area contributed by atoms with Crippen LogP contribution in [0.1, 0.15) is 55.0 Å². The lowest BCUT2D eigenvalue weighted by atomic mass is 9.87. The Kier molecular flexibility index (Phi) is 3.25. The van der Waals surface area contributed by atoms with E-state index < -0.39 is 0 Å². The summed E-state index contributed by atoms with van der Waals surface area (Å²) >= 11 is 0. The van der Waals surface area contributed by atoms with Crippen LogP contribution in [0, 0.1) is 5.41 Å². The molecule has 1 atom stereocenters. The van der Waals surface area contributed by atoms with Gasteiger partial charge < -0.3 is 5.32 Å². The molecule has 0 spiro atoms. The molecule has 2 aromatic carbocycles. The van der Waals surface area contributed by atoms with Gasteiger partial charge in [0.05, 0.1) is 6.04 Å². The molecule has 2 aliphatic rings. The molecule has 0 fully saturated rings. The van der Waals surface area contributed by atoms with Crippen molar-refractivity contribution in [3.63, 3.8) is 0 Å². The Morgan fingerprint density at radius 2 is 1.77 bits per heavy atom. The van der Waals surface area contributed by atoms with Gasteiger partial charge in [-0.25, -0.2) is 0 Å². The lowest BCUT2D eigenvalue weighted by Gasteiger charge is -2.27. The predicted molar refractivity (Wildman–Crippen MR) is 93.4 cm³/mol. The van der Waals surface area contributed by atoms with E-state index in [-0.39, 0.29) is 0 Å². The molecule has 1 N–H and O–H groups in total. The summed E-state index contributed by atoms with van der Waals surface area (Å²) < 4.78 is 0. The van der Waals surface area contributed by atoms with Crippen molar-refractivity contribution >= 4 is 5.69 Å². The van der Waals surface area contributed by atoms with Crippen LogP contribution in [0.25, 0.3) is 0 Å². The van der Waals surface area contributed by atoms with Crippen molar-refractivity contribution in [1.29, 1.82) is 0 Å². The van der Waals surface area contributed by atoms with E-state index in [1.165, 1.54) is 48.9 Å². The van der Waals surface area contributed by atoms with E-state index in [0.717, 1.165) is 0 Å². The van der Waals surface area contributed by atoms with Crippen molar-refractivity contribution in [2.45, 2.75) is 52.0 Å². The lowest BCUT2D eigenvalue weighted by molar-refractivity contribution is 0.392. The van der Waals surface area contributed by atoms with E-state index in [1.807, 2.05) is 0 Å². The Morgan fingerprint density at radius 1 is 0.955 bits per heavy atom. The smallest absolute Gasteiger partial charge is 0.0516 e. The third-order valence-corrected chi connectivity index (χ3v) is 5.25. The van der Waals surface area contributed by atoms with Gasteiger partial charge in [0, 0.05) is 5.69 Å². The number of anilines is 1. The molecule has 0 saturated carbocycles. The van der Waals surface area contributed by atoms with E-state index in [0.29, 0.717) is 11.5 Å². The van der Waals surface area contributed by atoms with Crippen molar-refractivity contribution < 1.29 is 0 Å². The SMILES string of the molecule is CC1(C)Cc2ccc(NC3CCCc4ccccc43)cc2C1. The van der Waals surface area contributed by atoms with Crippen molar-refractivity contribution in [1.82, 2.24) is 0 Å². The van der Waals surface area contributed by atoms with Crippen molar-refractivity contribution in [2.24, 2.45) is 5.41 Å². The van der Waals surface area contributed by atoms with Gasteiger partial charge in [0.1, 0.15) is 0 Å². The standard InChI is InChI=1S/C21H25N/c1-21(2)13-16-10-11-18(12-17(16)14-21)22-20-9-5-7-15-6-3-4-8-19(15)20/h3-4,6,8,10-12,20,22H,5,7,9,13-14H2,1-2H3. The summed E-state index contributed by atoms with van der Waals surface area (Å²) in [6.45, 7) is 4.75. The number of fused-ring (bicyclic) bond motifs is 2. The van der Waals surface area contributed by atoms with Crippen LogP contribution in [-0.2, 0) is 19.3 Å². The highest BCUT2D eigenvalue weighted by atomic mass is 14.9. The quantitative estimate of drug-likeness (QED) is 0.791. The minimum atomic E-state index is 0.429. The predicted octanol–water partition coefficient (Wildman–Crippen LogP) is 5.30. The van der Waals surface area contributed by atoms with E-state index >= 15 is 0 Å². The first-order chi connectivity index (χ1) is 10.6. The molecule has 0 aliphatic heterocycles. The fraction of sp³-hybridized carbons (Fsp3) is 0.429. The molecule has 2 aromatic rings. The summed E-state index contributed by atoms with van der Waals surface area (Å²) in [5.41, 5.74) is 7.82. The molecule has 2 aliphatic carbocycles. The van der Waals surface area contributed by atoms with Gasteiger partial charge in [-0.1, -0.05) is 44.2 Å². The first kappa shape index (κ1) is 13.9. The molecule has 22 heavy (non-hydrogen) atoms. The van der Waals surface area contributed by atoms with E-state index in [1.54, 1.807) is 11.1 Å². The molecule has 1 heteroatoms. The van der Waals surface area contributed by atoms with Gasteiger partial charge in [0.2, 0.25) is 0 Å². The number of aryl methyl sites for hydroxylation is 1. The molecule has 4 rings (SSSR count). The Labute approximate surface area is 133 Å². The minimum absolute atomic E-state index is 0.429. The number of nitrogens with one attached hydrogen (secondary N) is 1. The number of hydrogen-bond donors (Lipinski definition) is 1. The Bertz CT molecular complexity index is 699. The summed E-state index contributed by atoms with van der Waals surface area (Å²) in [5.74, 6) is 0. The molecule has 0 aromatic heterocycles. The first-order valence-electron chi connectivity index (χ1n) is 8.57. The first-order valence-corrected chi connectivity index (χ1v) is 8.57. The molecule has 0 saturated heterocycles. The van der Waals surface area contributed by atoms with Crippen LogP contribution in [0.15, 0.2) is 42.5 Å². The highest BCUT2D eigenvalue weighted by molar-refractivity contribution is 5.53. The van der Waals surface area contributed by atoms with Crippen LogP contribution in [0.3, 0.4) is 0 Å². The van der Waals surface area contributed by atoms with E-state index in [9.17, 15) is 0 Å². The number of rotatable bonds is 2. The average molecular weight is 291 g/mol. The summed E-state index contributed by atoms with van der Waals surface area (Å²) in [6.07, 6.45) is 6.17. The Balaban J connectivity index is 1.59. The topological polar surface area (TPSA) is 12.0 Å². The van der Waals surface area contributed by atoms with Gasteiger partial charge in [0.15, 0.2) is 0 Å². The summed E-state index contributed by atoms with van der Waals surface area (Å²) in [4.78, 5) is 0. The largest absolute Gasteiger partial charge is 0.378 e. The number of benzene rings is 2. The summed E-state index contributed by atoms with van der Waals surface area (Å²) in [6, 6.07) is 16.4. The lowest BCUT2D eigenvalue weighted by Crippen LogP contribution is -2.17. The second-order valence-electron chi connectivity index (χ2n) is 7.79. The zero-order valence-electron chi connectivity index (χ0n) is 13.7. The van der Waals surface area contributed by atoms with E-state index in [4.69, 9.17) is 0 Å². The van der Waals surface area contributed by atoms with Gasteiger partial charge >= 0.3 is 0 Å². The summed E-state index contributed by atoms with van der Waals surface area (Å²) in [5, 5.41) is 3.79. The highest BCUT2D eigenvalue weighted by Crippen LogP contribution is 2.38. The Morgan fingerprint density at radius 3 is 2.68 bits per heavy atom. The van der Waals surface area contributed by atoms with Crippen LogP contribution in [-0.4, -0.2) is 0 Å². The molecule has 0 radical (unpaired) electrons. The second-order valence-corrected chi connectivity index (χ2v) is 7.79. The fourth-order valence-electron chi connectivity index (χ4n) is 4.25. The number of hydrogen-bond acceptors (Lipinski definition) is 1. The third-order valence-electron chi connectivity index (χ3n) is 5.25. The normalized spacial score (nSPS) is 22.0. The summed E-state index contributed by atoms with van der Waals surface area (Å²) in [7, 11) is 0.